The summed E-state index contributed by atoms with van der Waals surface area (Å²) in [5.74, 6) is -0.842. The highest BCUT2D eigenvalue weighted by Crippen LogP contribution is 2.10. The molecule has 6 heteroatoms. The van der Waals surface area contributed by atoms with E-state index in [4.69, 9.17) is 0 Å². The fourth-order valence-electron chi connectivity index (χ4n) is 2.17. The molecule has 0 unspecified atom stereocenters. The smallest absolute Gasteiger partial charge is 0.320 e. The van der Waals surface area contributed by atoms with Gasteiger partial charge in [-0.05, 0) is 36.6 Å². The number of rotatable bonds is 7. The van der Waals surface area contributed by atoms with Crippen LogP contribution in [0.1, 0.15) is 25.8 Å². The van der Waals surface area contributed by atoms with Gasteiger partial charge in [0.2, 0.25) is 0 Å². The average Bonchev–Trinajstić information content (AvgIpc) is 2.92. The monoisotopic (exact) mass is 305 g/mol. The van der Waals surface area contributed by atoms with Crippen LogP contribution in [-0.2, 0) is 11.3 Å². The third-order valence-corrected chi connectivity index (χ3v) is 3.29. The number of carboxylic acid groups (broad SMARTS) is 1. The zero-order valence-corrected chi connectivity index (χ0v) is 12.7. The minimum atomic E-state index is -0.848. The Labute approximate surface area is 128 Å². The third-order valence-electron chi connectivity index (χ3n) is 3.29. The Kier molecular flexibility index (Phi) is 5.27. The molecule has 0 aliphatic rings. The van der Waals surface area contributed by atoms with Crippen molar-refractivity contribution in [1.82, 2.24) is 15.1 Å². The minimum absolute atomic E-state index is 0.296. The maximum atomic E-state index is 12.9. The zero-order chi connectivity index (χ0) is 16.1. The molecule has 0 aliphatic carbocycles. The summed E-state index contributed by atoms with van der Waals surface area (Å²) in [7, 11) is 0. The van der Waals surface area contributed by atoms with Crippen molar-refractivity contribution in [2.24, 2.45) is 5.92 Å². The van der Waals surface area contributed by atoms with Gasteiger partial charge in [0, 0.05) is 18.3 Å². The number of aromatic nitrogens is 2. The van der Waals surface area contributed by atoms with Crippen molar-refractivity contribution in [3.8, 4) is 5.69 Å². The van der Waals surface area contributed by atoms with Crippen LogP contribution in [0.5, 0.6) is 0 Å². The summed E-state index contributed by atoms with van der Waals surface area (Å²) in [5.41, 5.74) is 1.63. The number of aliphatic carboxylic acids is 1. The molecule has 2 aromatic rings. The summed E-state index contributed by atoms with van der Waals surface area (Å²) in [6.07, 6.45) is 4.04. The molecule has 0 saturated heterocycles. The first kappa shape index (κ1) is 16.2. The Morgan fingerprint density at radius 2 is 2.05 bits per heavy atom. The fraction of sp³-hybridized carbons (Fsp3) is 0.375. The topological polar surface area (TPSA) is 67.2 Å². The highest BCUT2D eigenvalue weighted by Gasteiger charge is 2.18. The molecule has 0 fully saturated rings. The lowest BCUT2D eigenvalue weighted by Crippen LogP contribution is -2.37. The number of nitrogens with one attached hydrogen (secondary N) is 1. The molecular weight excluding hydrogens is 285 g/mol. The van der Waals surface area contributed by atoms with E-state index in [9.17, 15) is 14.3 Å². The van der Waals surface area contributed by atoms with Crippen LogP contribution in [-0.4, -0.2) is 26.9 Å². The van der Waals surface area contributed by atoms with E-state index < -0.39 is 12.0 Å². The predicted octanol–water partition coefficient (Wildman–Crippen LogP) is 2.60. The molecule has 0 amide bonds. The molecule has 5 nitrogen and oxygen atoms in total. The lowest BCUT2D eigenvalue weighted by molar-refractivity contribution is -0.140. The Morgan fingerprint density at radius 3 is 2.64 bits per heavy atom. The largest absolute Gasteiger partial charge is 0.480 e. The van der Waals surface area contributed by atoms with Gasteiger partial charge in [-0.25, -0.2) is 9.07 Å². The minimum Gasteiger partial charge on any atom is -0.480 e. The van der Waals surface area contributed by atoms with Gasteiger partial charge in [-0.3, -0.25) is 4.79 Å². The SMILES string of the molecule is CC(C)C[C@H](NCc1cnn(-c2ccc(F)cc2)c1)C(=O)O. The van der Waals surface area contributed by atoms with Gasteiger partial charge in [-0.1, -0.05) is 13.8 Å². The van der Waals surface area contributed by atoms with E-state index in [-0.39, 0.29) is 5.82 Å². The van der Waals surface area contributed by atoms with Crippen LogP contribution in [0.3, 0.4) is 0 Å². The van der Waals surface area contributed by atoms with Crippen molar-refractivity contribution in [1.29, 1.82) is 0 Å². The molecule has 1 aromatic carbocycles. The van der Waals surface area contributed by atoms with E-state index in [0.29, 0.717) is 18.9 Å². The number of benzene rings is 1. The van der Waals surface area contributed by atoms with E-state index in [1.54, 1.807) is 29.2 Å². The molecule has 1 heterocycles. The molecule has 0 bridgehead atoms. The Morgan fingerprint density at radius 1 is 1.36 bits per heavy atom. The van der Waals surface area contributed by atoms with Crippen molar-refractivity contribution in [3.05, 3.63) is 48.0 Å². The number of halogens is 1. The molecular formula is C16H20FN3O2. The van der Waals surface area contributed by atoms with Crippen molar-refractivity contribution >= 4 is 5.97 Å². The molecule has 2 N–H and O–H groups in total. The Balaban J connectivity index is 1.99. The van der Waals surface area contributed by atoms with Crippen molar-refractivity contribution < 1.29 is 14.3 Å². The van der Waals surface area contributed by atoms with Gasteiger partial charge >= 0.3 is 5.97 Å². The zero-order valence-electron chi connectivity index (χ0n) is 12.7. The first-order valence-corrected chi connectivity index (χ1v) is 7.21. The molecule has 1 aromatic heterocycles. The summed E-state index contributed by atoms with van der Waals surface area (Å²) in [4.78, 5) is 11.2. The highest BCUT2D eigenvalue weighted by atomic mass is 19.1. The Hall–Kier alpha value is -2.21. The van der Waals surface area contributed by atoms with Crippen LogP contribution in [0.15, 0.2) is 36.7 Å². The van der Waals surface area contributed by atoms with Crippen LogP contribution >= 0.6 is 0 Å². The third kappa shape index (κ3) is 4.39. The van der Waals surface area contributed by atoms with Gasteiger partial charge in [0.25, 0.3) is 0 Å². The summed E-state index contributed by atoms with van der Waals surface area (Å²) < 4.78 is 14.5. The van der Waals surface area contributed by atoms with E-state index in [0.717, 1.165) is 11.3 Å². The molecule has 0 radical (unpaired) electrons. The first-order valence-electron chi connectivity index (χ1n) is 7.21. The maximum Gasteiger partial charge on any atom is 0.320 e. The van der Waals surface area contributed by atoms with Gasteiger partial charge < -0.3 is 10.4 Å². The number of carboxylic acids is 1. The van der Waals surface area contributed by atoms with Gasteiger partial charge in [-0.15, -0.1) is 0 Å². The second kappa shape index (κ2) is 7.17. The molecule has 0 aliphatic heterocycles. The predicted molar refractivity (Wildman–Crippen MR) is 81.2 cm³/mol. The van der Waals surface area contributed by atoms with Crippen LogP contribution in [0, 0.1) is 11.7 Å². The van der Waals surface area contributed by atoms with E-state index in [1.165, 1.54) is 12.1 Å². The normalized spacial score (nSPS) is 12.5. The van der Waals surface area contributed by atoms with Gasteiger partial charge in [0.05, 0.1) is 11.9 Å². The second-order valence-electron chi connectivity index (χ2n) is 5.67. The molecule has 2 rings (SSSR count). The average molecular weight is 305 g/mol. The van der Waals surface area contributed by atoms with Crippen LogP contribution in [0.4, 0.5) is 4.39 Å². The standard InChI is InChI=1S/C16H20FN3O2/c1-11(2)7-15(16(21)22)18-8-12-9-19-20(10-12)14-5-3-13(17)4-6-14/h3-6,9-11,15,18H,7-8H2,1-2H3,(H,21,22)/t15-/m0/s1. The van der Waals surface area contributed by atoms with Crippen molar-refractivity contribution in [3.63, 3.8) is 0 Å². The van der Waals surface area contributed by atoms with Crippen LogP contribution in [0.2, 0.25) is 0 Å². The highest BCUT2D eigenvalue weighted by molar-refractivity contribution is 5.73. The van der Waals surface area contributed by atoms with Crippen LogP contribution < -0.4 is 5.32 Å². The first-order chi connectivity index (χ1) is 10.5. The lowest BCUT2D eigenvalue weighted by Gasteiger charge is -2.15. The maximum absolute atomic E-state index is 12.9. The molecule has 118 valence electrons. The summed E-state index contributed by atoms with van der Waals surface area (Å²) in [6.45, 7) is 4.40. The van der Waals surface area contributed by atoms with E-state index in [1.807, 2.05) is 13.8 Å². The molecule has 22 heavy (non-hydrogen) atoms. The quantitative estimate of drug-likeness (QED) is 0.825. The van der Waals surface area contributed by atoms with Crippen LogP contribution in [0.25, 0.3) is 5.69 Å². The molecule has 1 atom stereocenters. The summed E-state index contributed by atoms with van der Waals surface area (Å²) in [6, 6.07) is 5.45. The summed E-state index contributed by atoms with van der Waals surface area (Å²) in [5, 5.41) is 16.4. The number of hydrogen-bond donors (Lipinski definition) is 2. The fourth-order valence-corrected chi connectivity index (χ4v) is 2.17. The van der Waals surface area contributed by atoms with Gasteiger partial charge in [0.15, 0.2) is 0 Å². The Bertz CT molecular complexity index is 623. The lowest BCUT2D eigenvalue weighted by atomic mass is 10.0. The van der Waals surface area contributed by atoms with Gasteiger partial charge in [0.1, 0.15) is 11.9 Å². The summed E-state index contributed by atoms with van der Waals surface area (Å²) >= 11 is 0. The van der Waals surface area contributed by atoms with Gasteiger partial charge in [-0.2, -0.15) is 5.10 Å². The van der Waals surface area contributed by atoms with E-state index >= 15 is 0 Å². The second-order valence-corrected chi connectivity index (χ2v) is 5.67. The molecule has 0 spiro atoms. The van der Waals surface area contributed by atoms with E-state index in [2.05, 4.69) is 10.4 Å². The molecule has 0 saturated carbocycles. The van der Waals surface area contributed by atoms with Crippen molar-refractivity contribution in [2.75, 3.05) is 0 Å². The number of carbonyl (C=O) groups is 1. The number of hydrogen-bond acceptors (Lipinski definition) is 3. The van der Waals surface area contributed by atoms with Crippen molar-refractivity contribution in [2.45, 2.75) is 32.9 Å². The number of nitrogens with zero attached hydrogens (tertiary/aromatic N) is 2.